The molecule has 4 saturated heterocycles. The predicted molar refractivity (Wildman–Crippen MR) is 99.6 cm³/mol. The van der Waals surface area contributed by atoms with Gasteiger partial charge in [0.15, 0.2) is 12.1 Å². The van der Waals surface area contributed by atoms with Crippen LogP contribution in [-0.2, 0) is 6.42 Å². The molecule has 4 aliphatic heterocycles. The zero-order valence-electron chi connectivity index (χ0n) is 15.5. The zero-order valence-corrected chi connectivity index (χ0v) is 15.5. The summed E-state index contributed by atoms with van der Waals surface area (Å²) in [7, 11) is 0. The van der Waals surface area contributed by atoms with Gasteiger partial charge in [-0.05, 0) is 49.5 Å². The lowest BCUT2D eigenvalue weighted by Gasteiger charge is -2.51. The number of amides is 1. The second-order valence-corrected chi connectivity index (χ2v) is 7.99. The smallest absolute Gasteiger partial charge is 0.276 e. The van der Waals surface area contributed by atoms with Crippen molar-refractivity contribution in [3.63, 3.8) is 0 Å². The molecule has 6 rings (SSSR count). The Bertz CT molecular complexity index is 856. The van der Waals surface area contributed by atoms with Gasteiger partial charge in [-0.15, -0.1) is 0 Å². The van der Waals surface area contributed by atoms with Crippen LogP contribution in [0, 0.1) is 5.92 Å². The lowest BCUT2D eigenvalue weighted by molar-refractivity contribution is -0.00363. The number of oxazole rings is 1. The van der Waals surface area contributed by atoms with Crippen LogP contribution in [0.1, 0.15) is 47.5 Å². The van der Waals surface area contributed by atoms with Crippen LogP contribution >= 0.6 is 0 Å². The summed E-state index contributed by atoms with van der Waals surface area (Å²) in [6.07, 6.45) is 4.34. The molecule has 2 bridgehead atoms. The minimum absolute atomic E-state index is 0.00740. The SMILES string of the molecule is CCc1ocnc1C(=O)N1C[C@H](c2cccc(O)c2)[C@H]2[C@@H]1C1CCN2CC1. The van der Waals surface area contributed by atoms with E-state index < -0.39 is 0 Å². The molecule has 1 aromatic carbocycles. The summed E-state index contributed by atoms with van der Waals surface area (Å²) in [5.41, 5.74) is 1.58. The summed E-state index contributed by atoms with van der Waals surface area (Å²) in [5, 5.41) is 9.98. The Morgan fingerprint density at radius 2 is 2.11 bits per heavy atom. The molecule has 142 valence electrons. The number of carbonyl (C=O) groups excluding carboxylic acids is 1. The fourth-order valence-electron chi connectivity index (χ4n) is 5.54. The van der Waals surface area contributed by atoms with Crippen LogP contribution in [0.15, 0.2) is 35.1 Å². The van der Waals surface area contributed by atoms with E-state index in [1.165, 1.54) is 6.39 Å². The number of aromatic hydroxyl groups is 1. The van der Waals surface area contributed by atoms with Gasteiger partial charge in [-0.3, -0.25) is 9.69 Å². The number of fused-ring (bicyclic) bond motifs is 2. The van der Waals surface area contributed by atoms with Crippen molar-refractivity contribution >= 4 is 5.91 Å². The fraction of sp³-hybridized carbons (Fsp3) is 0.524. The number of hydrogen-bond acceptors (Lipinski definition) is 5. The maximum absolute atomic E-state index is 13.4. The van der Waals surface area contributed by atoms with Crippen molar-refractivity contribution in [3.05, 3.63) is 47.7 Å². The van der Waals surface area contributed by atoms with Gasteiger partial charge in [0.2, 0.25) is 0 Å². The molecular formula is C21H25N3O3. The van der Waals surface area contributed by atoms with Crippen molar-refractivity contribution in [3.8, 4) is 5.75 Å². The molecule has 0 saturated carbocycles. The number of aromatic nitrogens is 1. The Kier molecular flexibility index (Phi) is 3.97. The van der Waals surface area contributed by atoms with Crippen molar-refractivity contribution in [2.24, 2.45) is 5.92 Å². The minimum atomic E-state index is -0.00740. The molecule has 6 heteroatoms. The molecule has 1 aromatic heterocycles. The number of likely N-dealkylation sites (tertiary alicyclic amines) is 1. The summed E-state index contributed by atoms with van der Waals surface area (Å²) >= 11 is 0. The van der Waals surface area contributed by atoms with Crippen LogP contribution in [0.4, 0.5) is 0 Å². The monoisotopic (exact) mass is 367 g/mol. The maximum Gasteiger partial charge on any atom is 0.276 e. The minimum Gasteiger partial charge on any atom is -0.508 e. The van der Waals surface area contributed by atoms with Crippen LogP contribution in [0.25, 0.3) is 0 Å². The first-order chi connectivity index (χ1) is 13.2. The van der Waals surface area contributed by atoms with E-state index in [0.29, 0.717) is 36.4 Å². The van der Waals surface area contributed by atoms with Gasteiger partial charge in [-0.1, -0.05) is 19.1 Å². The number of rotatable bonds is 3. The van der Waals surface area contributed by atoms with Crippen LogP contribution in [0.5, 0.6) is 5.75 Å². The quantitative estimate of drug-likeness (QED) is 0.903. The molecule has 3 atom stereocenters. The van der Waals surface area contributed by atoms with E-state index in [4.69, 9.17) is 4.42 Å². The van der Waals surface area contributed by atoms with Gasteiger partial charge in [0.25, 0.3) is 5.91 Å². The van der Waals surface area contributed by atoms with E-state index in [2.05, 4.69) is 16.0 Å². The number of benzene rings is 1. The summed E-state index contributed by atoms with van der Waals surface area (Å²) < 4.78 is 5.42. The Morgan fingerprint density at radius 3 is 2.85 bits per heavy atom. The van der Waals surface area contributed by atoms with Crippen molar-refractivity contribution in [2.45, 2.75) is 44.2 Å². The van der Waals surface area contributed by atoms with Crippen LogP contribution in [-0.4, -0.2) is 57.5 Å². The summed E-state index contributed by atoms with van der Waals surface area (Å²) in [6.45, 7) is 4.86. The van der Waals surface area contributed by atoms with E-state index >= 15 is 0 Å². The average molecular weight is 367 g/mol. The third-order valence-corrected chi connectivity index (χ3v) is 6.72. The highest BCUT2D eigenvalue weighted by Gasteiger charge is 2.55. The fourth-order valence-corrected chi connectivity index (χ4v) is 5.54. The summed E-state index contributed by atoms with van der Waals surface area (Å²) in [4.78, 5) is 22.2. The molecular weight excluding hydrogens is 342 g/mol. The van der Waals surface area contributed by atoms with Crippen LogP contribution < -0.4 is 0 Å². The van der Waals surface area contributed by atoms with Crippen molar-refractivity contribution in [1.82, 2.24) is 14.8 Å². The van der Waals surface area contributed by atoms with E-state index in [1.807, 2.05) is 24.0 Å². The molecule has 0 radical (unpaired) electrons. The van der Waals surface area contributed by atoms with E-state index in [1.54, 1.807) is 6.07 Å². The van der Waals surface area contributed by atoms with E-state index in [-0.39, 0.29) is 23.6 Å². The van der Waals surface area contributed by atoms with E-state index in [9.17, 15) is 9.90 Å². The molecule has 0 aliphatic carbocycles. The number of piperidine rings is 3. The van der Waals surface area contributed by atoms with Gasteiger partial charge in [0.05, 0.1) is 6.04 Å². The van der Waals surface area contributed by atoms with Gasteiger partial charge in [0.1, 0.15) is 11.5 Å². The topological polar surface area (TPSA) is 69.8 Å². The summed E-state index contributed by atoms with van der Waals surface area (Å²) in [6, 6.07) is 8.07. The molecule has 5 heterocycles. The first-order valence-electron chi connectivity index (χ1n) is 9.93. The molecule has 1 amide bonds. The maximum atomic E-state index is 13.4. The number of nitrogens with zero attached hydrogens (tertiary/aromatic N) is 3. The first-order valence-corrected chi connectivity index (χ1v) is 9.93. The Balaban J connectivity index is 1.54. The summed E-state index contributed by atoms with van der Waals surface area (Å²) in [5.74, 6) is 1.70. The van der Waals surface area contributed by atoms with Gasteiger partial charge in [-0.2, -0.15) is 0 Å². The van der Waals surface area contributed by atoms with Crippen molar-refractivity contribution < 1.29 is 14.3 Å². The normalized spacial score (nSPS) is 31.9. The third-order valence-electron chi connectivity index (χ3n) is 6.72. The average Bonchev–Trinajstić information content (AvgIpc) is 3.34. The molecule has 0 spiro atoms. The predicted octanol–water partition coefficient (Wildman–Crippen LogP) is 2.65. The van der Waals surface area contributed by atoms with Gasteiger partial charge >= 0.3 is 0 Å². The van der Waals surface area contributed by atoms with Crippen molar-refractivity contribution in [1.29, 1.82) is 0 Å². The molecule has 0 unspecified atom stereocenters. The number of phenolic OH excluding ortho intramolecular Hbond substituents is 1. The van der Waals surface area contributed by atoms with E-state index in [0.717, 1.165) is 31.5 Å². The Morgan fingerprint density at radius 1 is 1.30 bits per heavy atom. The molecule has 1 N–H and O–H groups in total. The number of carbonyl (C=O) groups is 1. The highest BCUT2D eigenvalue weighted by atomic mass is 16.3. The lowest BCUT2D eigenvalue weighted by Crippen LogP contribution is -2.60. The van der Waals surface area contributed by atoms with Gasteiger partial charge < -0.3 is 14.4 Å². The molecule has 6 nitrogen and oxygen atoms in total. The Labute approximate surface area is 158 Å². The third kappa shape index (κ3) is 2.57. The lowest BCUT2D eigenvalue weighted by atomic mass is 9.75. The second-order valence-electron chi connectivity index (χ2n) is 7.99. The zero-order chi connectivity index (χ0) is 18.5. The Hall–Kier alpha value is -2.34. The number of phenols is 1. The number of hydrogen-bond donors (Lipinski definition) is 1. The van der Waals surface area contributed by atoms with Crippen molar-refractivity contribution in [2.75, 3.05) is 19.6 Å². The number of aryl methyl sites for hydroxylation is 1. The highest BCUT2D eigenvalue weighted by Crippen LogP contribution is 2.47. The van der Waals surface area contributed by atoms with Gasteiger partial charge in [0, 0.05) is 24.9 Å². The van der Waals surface area contributed by atoms with Crippen LogP contribution in [0.3, 0.4) is 0 Å². The largest absolute Gasteiger partial charge is 0.508 e. The molecule has 4 aliphatic rings. The highest BCUT2D eigenvalue weighted by molar-refractivity contribution is 5.94. The standard InChI is InChI=1S/C21H25N3O3/c1-2-17-18(22-12-27-17)21(26)24-11-16(14-4-3-5-15(25)10-14)20-19(24)13-6-8-23(20)9-7-13/h3-5,10,12-13,16,19-20,25H,2,6-9,11H2,1H3/t16-,19+,20+/m1/s1. The van der Waals surface area contributed by atoms with Crippen LogP contribution in [0.2, 0.25) is 0 Å². The second kappa shape index (κ2) is 6.37. The first kappa shape index (κ1) is 16.8. The molecule has 27 heavy (non-hydrogen) atoms. The molecule has 4 fully saturated rings. The molecule has 2 aromatic rings. The van der Waals surface area contributed by atoms with Gasteiger partial charge in [-0.25, -0.2) is 4.98 Å².